The molecule has 7 heteroatoms. The average Bonchev–Trinajstić information content (AvgIpc) is 3.21. The highest BCUT2D eigenvalue weighted by molar-refractivity contribution is 5.76. The van der Waals surface area contributed by atoms with Crippen LogP contribution in [-0.4, -0.2) is 59.9 Å². The molecular formula is C23H34N4O3. The number of hydrogen-bond acceptors (Lipinski definition) is 6. The van der Waals surface area contributed by atoms with Gasteiger partial charge in [0.05, 0.1) is 0 Å². The van der Waals surface area contributed by atoms with E-state index in [4.69, 9.17) is 9.15 Å². The zero-order chi connectivity index (χ0) is 21.3. The average molecular weight is 415 g/mol. The second-order valence-electron chi connectivity index (χ2n) is 8.16. The molecule has 164 valence electrons. The number of carbonyl (C=O) groups excluding carboxylic acids is 1. The zero-order valence-electron chi connectivity index (χ0n) is 18.4. The van der Waals surface area contributed by atoms with Crippen LogP contribution in [0.15, 0.2) is 28.7 Å². The van der Waals surface area contributed by atoms with Crippen LogP contribution in [0.2, 0.25) is 0 Å². The monoisotopic (exact) mass is 414 g/mol. The predicted molar refractivity (Wildman–Crippen MR) is 116 cm³/mol. The molecule has 2 unspecified atom stereocenters. The zero-order valence-corrected chi connectivity index (χ0v) is 18.4. The van der Waals surface area contributed by atoms with Gasteiger partial charge in [-0.05, 0) is 44.7 Å². The van der Waals surface area contributed by atoms with E-state index in [-0.39, 0.29) is 11.9 Å². The summed E-state index contributed by atoms with van der Waals surface area (Å²) in [7, 11) is 0. The van der Waals surface area contributed by atoms with Crippen molar-refractivity contribution in [2.24, 2.45) is 5.92 Å². The van der Waals surface area contributed by atoms with Crippen molar-refractivity contribution in [1.82, 2.24) is 20.4 Å². The van der Waals surface area contributed by atoms with E-state index in [1.165, 1.54) is 5.56 Å². The minimum absolute atomic E-state index is 0.0479. The van der Waals surface area contributed by atoms with Gasteiger partial charge in [0.1, 0.15) is 0 Å². The number of carbonyl (C=O) groups is 1. The summed E-state index contributed by atoms with van der Waals surface area (Å²) in [5, 5.41) is 11.4. The van der Waals surface area contributed by atoms with Gasteiger partial charge in [0.15, 0.2) is 0 Å². The molecule has 2 heterocycles. The first-order valence-electron chi connectivity index (χ1n) is 11.0. The molecular weight excluding hydrogens is 380 g/mol. The van der Waals surface area contributed by atoms with Crippen LogP contribution < -0.4 is 5.32 Å². The standard InChI is InChI=1S/C23H34N4O3/c1-4-29-15-5-13-27-14-12-20(18(3)16-27)24-21(28)10-11-22-25-26-23(30-22)19-8-6-17(2)7-9-19/h6-9,18,20H,4-5,10-16H2,1-3H3,(H,24,28). The maximum Gasteiger partial charge on any atom is 0.247 e. The minimum atomic E-state index is 0.0479. The number of piperidine rings is 1. The number of nitrogens with zero attached hydrogens (tertiary/aromatic N) is 3. The highest BCUT2D eigenvalue weighted by Gasteiger charge is 2.27. The molecule has 0 bridgehead atoms. The van der Waals surface area contributed by atoms with Gasteiger partial charge in [-0.15, -0.1) is 10.2 Å². The summed E-state index contributed by atoms with van der Waals surface area (Å²) in [5.41, 5.74) is 2.08. The summed E-state index contributed by atoms with van der Waals surface area (Å²) < 4.78 is 11.1. The van der Waals surface area contributed by atoms with E-state index in [0.29, 0.717) is 30.5 Å². The normalized spacial score (nSPS) is 19.7. The van der Waals surface area contributed by atoms with E-state index in [1.54, 1.807) is 0 Å². The number of aryl methyl sites for hydroxylation is 2. The lowest BCUT2D eigenvalue weighted by Crippen LogP contribution is -2.50. The van der Waals surface area contributed by atoms with Crippen LogP contribution >= 0.6 is 0 Å². The smallest absolute Gasteiger partial charge is 0.247 e. The lowest BCUT2D eigenvalue weighted by molar-refractivity contribution is -0.122. The fourth-order valence-electron chi connectivity index (χ4n) is 3.85. The van der Waals surface area contributed by atoms with Gasteiger partial charge in [0.25, 0.3) is 0 Å². The van der Waals surface area contributed by atoms with Crippen molar-refractivity contribution < 1.29 is 13.9 Å². The summed E-state index contributed by atoms with van der Waals surface area (Å²) >= 11 is 0. The Morgan fingerprint density at radius 3 is 2.83 bits per heavy atom. The molecule has 0 saturated carbocycles. The summed E-state index contributed by atoms with van der Waals surface area (Å²) in [6.45, 7) is 11.0. The Bertz CT molecular complexity index is 790. The Labute approximate surface area is 179 Å². The van der Waals surface area contributed by atoms with E-state index >= 15 is 0 Å². The van der Waals surface area contributed by atoms with Crippen molar-refractivity contribution in [1.29, 1.82) is 0 Å². The van der Waals surface area contributed by atoms with Crippen LogP contribution in [0.25, 0.3) is 11.5 Å². The van der Waals surface area contributed by atoms with Crippen LogP contribution in [0, 0.1) is 12.8 Å². The van der Waals surface area contributed by atoms with Gasteiger partial charge >= 0.3 is 0 Å². The van der Waals surface area contributed by atoms with E-state index in [9.17, 15) is 4.79 Å². The predicted octanol–water partition coefficient (Wildman–Crippen LogP) is 3.23. The molecule has 1 aliphatic heterocycles. The van der Waals surface area contributed by atoms with Crippen molar-refractivity contribution in [3.8, 4) is 11.5 Å². The van der Waals surface area contributed by atoms with Crippen molar-refractivity contribution in [3.05, 3.63) is 35.7 Å². The highest BCUT2D eigenvalue weighted by Crippen LogP contribution is 2.19. The van der Waals surface area contributed by atoms with Crippen molar-refractivity contribution in [2.75, 3.05) is 32.8 Å². The summed E-state index contributed by atoms with van der Waals surface area (Å²) in [5.74, 6) is 1.48. The molecule has 1 fully saturated rings. The first-order valence-corrected chi connectivity index (χ1v) is 11.0. The third-order valence-electron chi connectivity index (χ3n) is 5.63. The Balaban J connectivity index is 1.39. The number of benzene rings is 1. The Morgan fingerprint density at radius 1 is 1.30 bits per heavy atom. The number of rotatable bonds is 10. The van der Waals surface area contributed by atoms with Gasteiger partial charge in [-0.3, -0.25) is 4.79 Å². The van der Waals surface area contributed by atoms with Crippen LogP contribution in [0.1, 0.15) is 44.6 Å². The molecule has 1 N–H and O–H groups in total. The maximum absolute atomic E-state index is 12.4. The maximum atomic E-state index is 12.4. The highest BCUT2D eigenvalue weighted by atomic mass is 16.5. The van der Waals surface area contributed by atoms with Gasteiger partial charge in [0, 0.05) is 57.3 Å². The number of ether oxygens (including phenoxy) is 1. The van der Waals surface area contributed by atoms with Gasteiger partial charge in [-0.2, -0.15) is 0 Å². The Kier molecular flexibility index (Phi) is 8.39. The SMILES string of the molecule is CCOCCCN1CCC(NC(=O)CCc2nnc(-c3ccc(C)cc3)o2)C(C)C1. The molecule has 0 spiro atoms. The van der Waals surface area contributed by atoms with E-state index in [2.05, 4.69) is 27.3 Å². The van der Waals surface area contributed by atoms with Crippen molar-refractivity contribution in [3.63, 3.8) is 0 Å². The number of amides is 1. The number of hydrogen-bond donors (Lipinski definition) is 1. The van der Waals surface area contributed by atoms with Crippen LogP contribution in [-0.2, 0) is 16.0 Å². The van der Waals surface area contributed by atoms with E-state index in [0.717, 1.165) is 51.3 Å². The number of nitrogens with one attached hydrogen (secondary N) is 1. The van der Waals surface area contributed by atoms with Gasteiger partial charge in [-0.25, -0.2) is 0 Å². The first-order chi connectivity index (χ1) is 14.5. The first kappa shape index (κ1) is 22.4. The Morgan fingerprint density at radius 2 is 2.10 bits per heavy atom. The van der Waals surface area contributed by atoms with Gasteiger partial charge in [-0.1, -0.05) is 24.6 Å². The molecule has 2 atom stereocenters. The molecule has 0 radical (unpaired) electrons. The fraction of sp³-hybridized carbons (Fsp3) is 0.609. The molecule has 1 saturated heterocycles. The molecule has 1 aliphatic rings. The second-order valence-corrected chi connectivity index (χ2v) is 8.16. The number of likely N-dealkylation sites (tertiary alicyclic amines) is 1. The number of aromatic nitrogens is 2. The Hall–Kier alpha value is -2.25. The summed E-state index contributed by atoms with van der Waals surface area (Å²) in [6.07, 6.45) is 2.86. The van der Waals surface area contributed by atoms with Gasteiger partial charge < -0.3 is 19.4 Å². The molecule has 2 aromatic rings. The van der Waals surface area contributed by atoms with Crippen LogP contribution in [0.4, 0.5) is 0 Å². The second kappa shape index (κ2) is 11.2. The molecule has 1 amide bonds. The lowest BCUT2D eigenvalue weighted by Gasteiger charge is -2.37. The van der Waals surface area contributed by atoms with Crippen LogP contribution in [0.3, 0.4) is 0 Å². The van der Waals surface area contributed by atoms with E-state index in [1.807, 2.05) is 38.1 Å². The molecule has 7 nitrogen and oxygen atoms in total. The van der Waals surface area contributed by atoms with Crippen molar-refractivity contribution in [2.45, 2.75) is 52.5 Å². The van der Waals surface area contributed by atoms with E-state index < -0.39 is 0 Å². The fourth-order valence-corrected chi connectivity index (χ4v) is 3.85. The van der Waals surface area contributed by atoms with Crippen LogP contribution in [0.5, 0.6) is 0 Å². The lowest BCUT2D eigenvalue weighted by atomic mass is 9.93. The summed E-state index contributed by atoms with van der Waals surface area (Å²) in [6, 6.07) is 8.18. The third kappa shape index (κ3) is 6.64. The molecule has 1 aromatic carbocycles. The topological polar surface area (TPSA) is 80.5 Å². The van der Waals surface area contributed by atoms with Crippen molar-refractivity contribution >= 4 is 5.91 Å². The summed E-state index contributed by atoms with van der Waals surface area (Å²) in [4.78, 5) is 14.9. The molecule has 0 aliphatic carbocycles. The minimum Gasteiger partial charge on any atom is -0.421 e. The third-order valence-corrected chi connectivity index (χ3v) is 5.63. The molecule has 30 heavy (non-hydrogen) atoms. The molecule has 1 aromatic heterocycles. The molecule has 3 rings (SSSR count). The quantitative estimate of drug-likeness (QED) is 0.601. The largest absolute Gasteiger partial charge is 0.421 e. The van der Waals surface area contributed by atoms with Gasteiger partial charge in [0.2, 0.25) is 17.7 Å².